The summed E-state index contributed by atoms with van der Waals surface area (Å²) in [6.45, 7) is 6.64. The minimum absolute atomic E-state index is 0.0324. The molecule has 0 bridgehead atoms. The van der Waals surface area contributed by atoms with Crippen LogP contribution in [0.3, 0.4) is 0 Å². The third-order valence-electron chi connectivity index (χ3n) is 5.70. The predicted octanol–water partition coefficient (Wildman–Crippen LogP) is 4.04. The number of benzene rings is 3. The van der Waals surface area contributed by atoms with Gasteiger partial charge in [-0.15, -0.1) is 0 Å². The summed E-state index contributed by atoms with van der Waals surface area (Å²) in [7, 11) is -1.94. The first-order valence-corrected chi connectivity index (χ1v) is 12.0. The van der Waals surface area contributed by atoms with E-state index in [9.17, 15) is 4.79 Å². The van der Waals surface area contributed by atoms with Gasteiger partial charge in [0.25, 0.3) is 0 Å². The van der Waals surface area contributed by atoms with Crippen molar-refractivity contribution in [3.05, 3.63) is 95.6 Å². The lowest BCUT2D eigenvalue weighted by Crippen LogP contribution is -2.49. The number of rotatable bonds is 4. The van der Waals surface area contributed by atoms with Crippen LogP contribution in [0.4, 0.5) is 0 Å². The Kier molecular flexibility index (Phi) is 5.53. The molecule has 1 unspecified atom stereocenters. The standard InChI is InChI=1S/C26H28O2Si/c1-26(2,3)23-16-10-15-22-21(23)17-18-24(25(22)27)28-29(19-11-6-4-7-12-19)20-13-8-5-9-14-20/h4-16,24,29H,17-18H2,1-3H3. The molecule has 0 N–H and O–H groups in total. The minimum Gasteiger partial charge on any atom is -0.401 e. The van der Waals surface area contributed by atoms with Crippen LogP contribution in [0.15, 0.2) is 78.9 Å². The van der Waals surface area contributed by atoms with E-state index in [4.69, 9.17) is 4.43 Å². The van der Waals surface area contributed by atoms with Gasteiger partial charge < -0.3 is 4.43 Å². The van der Waals surface area contributed by atoms with Gasteiger partial charge in [-0.05, 0) is 39.8 Å². The van der Waals surface area contributed by atoms with E-state index in [1.165, 1.54) is 21.5 Å². The number of fused-ring (bicyclic) bond motifs is 1. The van der Waals surface area contributed by atoms with Crippen LogP contribution in [0.2, 0.25) is 0 Å². The van der Waals surface area contributed by atoms with Gasteiger partial charge in [-0.3, -0.25) is 4.79 Å². The van der Waals surface area contributed by atoms with Crippen molar-refractivity contribution in [1.82, 2.24) is 0 Å². The molecule has 0 saturated heterocycles. The monoisotopic (exact) mass is 400 g/mol. The van der Waals surface area contributed by atoms with Crippen molar-refractivity contribution in [2.24, 2.45) is 0 Å². The topological polar surface area (TPSA) is 26.3 Å². The molecular weight excluding hydrogens is 372 g/mol. The molecule has 3 heteroatoms. The van der Waals surface area contributed by atoms with Gasteiger partial charge in [0.1, 0.15) is 6.10 Å². The van der Waals surface area contributed by atoms with Crippen molar-refractivity contribution in [3.63, 3.8) is 0 Å². The number of hydrogen-bond acceptors (Lipinski definition) is 2. The van der Waals surface area contributed by atoms with Crippen LogP contribution in [-0.2, 0) is 16.3 Å². The van der Waals surface area contributed by atoms with E-state index < -0.39 is 9.04 Å². The fraction of sp³-hybridized carbons (Fsp3) is 0.269. The van der Waals surface area contributed by atoms with Crippen LogP contribution in [0.5, 0.6) is 0 Å². The smallest absolute Gasteiger partial charge is 0.240 e. The molecule has 1 aliphatic carbocycles. The van der Waals surface area contributed by atoms with Crippen molar-refractivity contribution in [3.8, 4) is 0 Å². The van der Waals surface area contributed by atoms with E-state index in [0.717, 1.165) is 18.4 Å². The van der Waals surface area contributed by atoms with E-state index >= 15 is 0 Å². The average Bonchev–Trinajstić information content (AvgIpc) is 2.73. The molecule has 0 radical (unpaired) electrons. The number of carbonyl (C=O) groups is 1. The van der Waals surface area contributed by atoms with E-state index in [1.807, 2.05) is 24.3 Å². The lowest BCUT2D eigenvalue weighted by Gasteiger charge is -2.31. The summed E-state index contributed by atoms with van der Waals surface area (Å²) in [4.78, 5) is 13.4. The molecule has 1 atom stereocenters. The number of carbonyl (C=O) groups excluding carboxylic acids is 1. The molecule has 0 aromatic heterocycles. The zero-order valence-corrected chi connectivity index (χ0v) is 18.5. The molecule has 0 heterocycles. The zero-order valence-electron chi connectivity index (χ0n) is 17.4. The Bertz CT molecular complexity index is 951. The maximum Gasteiger partial charge on any atom is 0.240 e. The van der Waals surface area contributed by atoms with E-state index in [1.54, 1.807) is 0 Å². The lowest BCUT2D eigenvalue weighted by molar-refractivity contribution is 0.0765. The third kappa shape index (κ3) is 4.12. The molecule has 3 aromatic carbocycles. The molecule has 2 nitrogen and oxygen atoms in total. The van der Waals surface area contributed by atoms with Gasteiger partial charge in [0.05, 0.1) is 0 Å². The van der Waals surface area contributed by atoms with Crippen LogP contribution < -0.4 is 10.4 Å². The molecule has 0 saturated carbocycles. The normalized spacial score (nSPS) is 16.7. The Morgan fingerprint density at radius 1 is 0.828 bits per heavy atom. The first kappa shape index (κ1) is 19.8. The van der Waals surface area contributed by atoms with E-state index in [-0.39, 0.29) is 17.3 Å². The van der Waals surface area contributed by atoms with Crippen molar-refractivity contribution in [2.75, 3.05) is 0 Å². The average molecular weight is 401 g/mol. The molecule has 0 amide bonds. The molecule has 3 aromatic rings. The van der Waals surface area contributed by atoms with Crippen molar-refractivity contribution < 1.29 is 9.22 Å². The molecule has 0 spiro atoms. The highest BCUT2D eigenvalue weighted by molar-refractivity contribution is 6.80. The van der Waals surface area contributed by atoms with Crippen LogP contribution in [0, 0.1) is 0 Å². The molecular formula is C26H28O2Si. The Labute approximate surface area is 175 Å². The van der Waals surface area contributed by atoms with Crippen LogP contribution in [0.1, 0.15) is 48.7 Å². The highest BCUT2D eigenvalue weighted by Gasteiger charge is 2.34. The Morgan fingerprint density at radius 3 is 1.97 bits per heavy atom. The van der Waals surface area contributed by atoms with Gasteiger partial charge >= 0.3 is 0 Å². The lowest BCUT2D eigenvalue weighted by atomic mass is 9.77. The minimum atomic E-state index is -1.94. The van der Waals surface area contributed by atoms with Crippen LogP contribution in [-0.4, -0.2) is 20.9 Å². The first-order chi connectivity index (χ1) is 13.9. The van der Waals surface area contributed by atoms with E-state index in [2.05, 4.69) is 75.4 Å². The van der Waals surface area contributed by atoms with E-state index in [0.29, 0.717) is 0 Å². The Balaban J connectivity index is 1.66. The van der Waals surface area contributed by atoms with Gasteiger partial charge in [-0.1, -0.05) is 99.6 Å². The molecule has 1 aliphatic rings. The van der Waals surface area contributed by atoms with Gasteiger partial charge in [0.15, 0.2) is 5.78 Å². The summed E-state index contributed by atoms with van der Waals surface area (Å²) in [6, 6.07) is 26.9. The van der Waals surface area contributed by atoms with Crippen molar-refractivity contribution >= 4 is 25.2 Å². The van der Waals surface area contributed by atoms with Gasteiger partial charge in [0, 0.05) is 5.56 Å². The molecule has 0 aliphatic heterocycles. The Hall–Kier alpha value is -2.49. The third-order valence-corrected chi connectivity index (χ3v) is 8.28. The largest absolute Gasteiger partial charge is 0.401 e. The second-order valence-corrected chi connectivity index (χ2v) is 11.2. The van der Waals surface area contributed by atoms with Crippen molar-refractivity contribution in [1.29, 1.82) is 0 Å². The van der Waals surface area contributed by atoms with Gasteiger partial charge in [-0.2, -0.15) is 0 Å². The maximum atomic E-state index is 13.4. The summed E-state index contributed by atoms with van der Waals surface area (Å²) >= 11 is 0. The SMILES string of the molecule is CC(C)(C)c1cccc2c1CCC(O[SiH](c1ccccc1)c1ccccc1)C2=O. The van der Waals surface area contributed by atoms with Gasteiger partial charge in [0.2, 0.25) is 9.04 Å². The molecule has 0 fully saturated rings. The zero-order chi connectivity index (χ0) is 20.4. The van der Waals surface area contributed by atoms with Crippen LogP contribution >= 0.6 is 0 Å². The second-order valence-electron chi connectivity index (χ2n) is 8.81. The summed E-state index contributed by atoms with van der Waals surface area (Å²) in [5, 5.41) is 2.42. The van der Waals surface area contributed by atoms with Crippen LogP contribution in [0.25, 0.3) is 0 Å². The highest BCUT2D eigenvalue weighted by Crippen LogP contribution is 2.33. The van der Waals surface area contributed by atoms with Gasteiger partial charge in [-0.25, -0.2) is 0 Å². The highest BCUT2D eigenvalue weighted by atomic mass is 28.3. The summed E-state index contributed by atoms with van der Waals surface area (Å²) < 4.78 is 6.65. The summed E-state index contributed by atoms with van der Waals surface area (Å²) in [6.07, 6.45) is 1.28. The summed E-state index contributed by atoms with van der Waals surface area (Å²) in [5.74, 6) is 0.140. The summed E-state index contributed by atoms with van der Waals surface area (Å²) in [5.41, 5.74) is 3.37. The number of ketones is 1. The molecule has 29 heavy (non-hydrogen) atoms. The molecule has 4 rings (SSSR count). The number of Topliss-reactive ketones (excluding diaryl/α,β-unsaturated/α-hetero) is 1. The van der Waals surface area contributed by atoms with Crippen molar-refractivity contribution in [2.45, 2.75) is 45.1 Å². The maximum absolute atomic E-state index is 13.4. The quantitative estimate of drug-likeness (QED) is 0.618. The number of hydrogen-bond donors (Lipinski definition) is 0. The fourth-order valence-electron chi connectivity index (χ4n) is 4.27. The predicted molar refractivity (Wildman–Crippen MR) is 122 cm³/mol. The fourth-order valence-corrected chi connectivity index (χ4v) is 6.70. The second kappa shape index (κ2) is 8.09. The first-order valence-electron chi connectivity index (χ1n) is 10.4. The molecule has 148 valence electrons. The Morgan fingerprint density at radius 2 is 1.41 bits per heavy atom.